The lowest BCUT2D eigenvalue weighted by molar-refractivity contribution is -0.122. The van der Waals surface area contributed by atoms with E-state index in [9.17, 15) is 13.2 Å². The molecule has 6 nitrogen and oxygen atoms in total. The van der Waals surface area contributed by atoms with E-state index in [0.29, 0.717) is 28.6 Å². The normalized spacial score (nSPS) is 12.3. The quantitative estimate of drug-likeness (QED) is 0.752. The largest absolute Gasteiger partial charge is 0.481 e. The molecule has 146 valence electrons. The average molecular weight is 411 g/mol. The van der Waals surface area contributed by atoms with Gasteiger partial charge in [-0.3, -0.25) is 9.10 Å². The number of sulfonamides is 1. The van der Waals surface area contributed by atoms with Crippen molar-refractivity contribution in [3.63, 3.8) is 0 Å². The zero-order valence-electron chi connectivity index (χ0n) is 15.7. The summed E-state index contributed by atoms with van der Waals surface area (Å²) >= 11 is 5.94. The molecular weight excluding hydrogens is 388 g/mol. The van der Waals surface area contributed by atoms with Crippen LogP contribution in [0.15, 0.2) is 42.5 Å². The summed E-state index contributed by atoms with van der Waals surface area (Å²) in [6.45, 7) is 3.71. The van der Waals surface area contributed by atoms with Crippen LogP contribution in [0.25, 0.3) is 0 Å². The maximum Gasteiger partial charge on any atom is 0.265 e. The van der Waals surface area contributed by atoms with Gasteiger partial charge >= 0.3 is 0 Å². The number of nitrogens with one attached hydrogen (secondary N) is 1. The molecule has 0 aliphatic rings. The highest BCUT2D eigenvalue weighted by molar-refractivity contribution is 7.92. The second-order valence-corrected chi connectivity index (χ2v) is 8.64. The Morgan fingerprint density at radius 3 is 2.37 bits per heavy atom. The Labute approximate surface area is 165 Å². The molecule has 0 saturated carbocycles. The number of carbonyl (C=O) groups excluding carboxylic acids is 1. The van der Waals surface area contributed by atoms with E-state index in [1.807, 2.05) is 13.8 Å². The first kappa shape index (κ1) is 21.1. The van der Waals surface area contributed by atoms with Crippen molar-refractivity contribution in [3.05, 3.63) is 53.1 Å². The molecule has 0 spiro atoms. The number of rotatable bonds is 7. The zero-order chi connectivity index (χ0) is 20.2. The predicted molar refractivity (Wildman–Crippen MR) is 109 cm³/mol. The molecule has 2 aromatic carbocycles. The van der Waals surface area contributed by atoms with Crippen LogP contribution < -0.4 is 14.4 Å². The fraction of sp³-hybridized carbons (Fsp3) is 0.316. The Morgan fingerprint density at radius 2 is 1.85 bits per heavy atom. The van der Waals surface area contributed by atoms with Crippen LogP contribution in [0.2, 0.25) is 5.02 Å². The Hall–Kier alpha value is -2.25. The Kier molecular flexibility index (Phi) is 6.73. The van der Waals surface area contributed by atoms with Crippen molar-refractivity contribution in [1.29, 1.82) is 0 Å². The smallest absolute Gasteiger partial charge is 0.265 e. The molecule has 27 heavy (non-hydrogen) atoms. The molecule has 0 heterocycles. The molecule has 0 aromatic heterocycles. The summed E-state index contributed by atoms with van der Waals surface area (Å²) in [5.41, 5.74) is 2.05. The van der Waals surface area contributed by atoms with Crippen LogP contribution in [-0.4, -0.2) is 33.7 Å². The summed E-state index contributed by atoms with van der Waals surface area (Å²) in [5, 5.41) is 3.45. The van der Waals surface area contributed by atoms with Gasteiger partial charge in [-0.1, -0.05) is 18.5 Å². The Morgan fingerprint density at radius 1 is 1.22 bits per heavy atom. The highest BCUT2D eigenvalue weighted by Gasteiger charge is 2.20. The van der Waals surface area contributed by atoms with Gasteiger partial charge < -0.3 is 10.1 Å². The molecule has 1 N–H and O–H groups in total. The SMILES string of the molecule is CC[C@H](Oc1ccc(N(C)S(C)(=O)=O)cc1)C(=O)Nc1ccc(Cl)cc1C. The third-order valence-electron chi connectivity index (χ3n) is 4.09. The topological polar surface area (TPSA) is 75.7 Å². The third kappa shape index (κ3) is 5.61. The number of aryl methyl sites for hydroxylation is 1. The van der Waals surface area contributed by atoms with E-state index in [1.54, 1.807) is 42.5 Å². The van der Waals surface area contributed by atoms with Crippen LogP contribution in [0.3, 0.4) is 0 Å². The standard InChI is InChI=1S/C19H23ClN2O4S/c1-5-18(19(23)21-17-11-6-14(20)12-13(17)2)26-16-9-7-15(8-10-16)22(3)27(4,24)25/h6-12,18H,5H2,1-4H3,(H,21,23)/t18-/m0/s1. The number of nitrogens with zero attached hydrogens (tertiary/aromatic N) is 1. The predicted octanol–water partition coefficient (Wildman–Crippen LogP) is 3.84. The third-order valence-corrected chi connectivity index (χ3v) is 5.53. The fourth-order valence-corrected chi connectivity index (χ4v) is 3.12. The number of carbonyl (C=O) groups is 1. The molecule has 0 unspecified atom stereocenters. The molecule has 1 atom stereocenters. The van der Waals surface area contributed by atoms with Gasteiger partial charge in [-0.15, -0.1) is 0 Å². The second-order valence-electron chi connectivity index (χ2n) is 6.19. The van der Waals surface area contributed by atoms with Gasteiger partial charge in [-0.25, -0.2) is 8.42 Å². The van der Waals surface area contributed by atoms with Gasteiger partial charge in [0.2, 0.25) is 10.0 Å². The lowest BCUT2D eigenvalue weighted by Crippen LogP contribution is -2.32. The average Bonchev–Trinajstić information content (AvgIpc) is 2.61. The van der Waals surface area contributed by atoms with Gasteiger partial charge in [0, 0.05) is 17.8 Å². The molecular formula is C19H23ClN2O4S. The fourth-order valence-electron chi connectivity index (χ4n) is 2.39. The molecule has 0 fully saturated rings. The maximum absolute atomic E-state index is 12.5. The minimum atomic E-state index is -3.33. The monoisotopic (exact) mass is 410 g/mol. The summed E-state index contributed by atoms with van der Waals surface area (Å²) < 4.78 is 30.1. The lowest BCUT2D eigenvalue weighted by atomic mass is 10.2. The summed E-state index contributed by atoms with van der Waals surface area (Å²) in [4.78, 5) is 12.5. The first-order chi connectivity index (χ1) is 12.6. The first-order valence-electron chi connectivity index (χ1n) is 8.39. The van der Waals surface area contributed by atoms with E-state index in [0.717, 1.165) is 11.8 Å². The molecule has 0 saturated heterocycles. The van der Waals surface area contributed by atoms with Gasteiger partial charge in [-0.2, -0.15) is 0 Å². The van der Waals surface area contributed by atoms with Crippen molar-refractivity contribution in [2.24, 2.45) is 0 Å². The molecule has 8 heteroatoms. The van der Waals surface area contributed by atoms with Crippen LogP contribution in [0.1, 0.15) is 18.9 Å². The molecule has 0 aliphatic carbocycles. The highest BCUT2D eigenvalue weighted by Crippen LogP contribution is 2.23. The minimum Gasteiger partial charge on any atom is -0.481 e. The van der Waals surface area contributed by atoms with Crippen molar-refractivity contribution in [3.8, 4) is 5.75 Å². The number of benzene rings is 2. The second kappa shape index (κ2) is 8.63. The molecule has 2 aromatic rings. The van der Waals surface area contributed by atoms with E-state index in [2.05, 4.69) is 5.32 Å². The summed E-state index contributed by atoms with van der Waals surface area (Å²) in [5.74, 6) is 0.218. The van der Waals surface area contributed by atoms with E-state index in [4.69, 9.17) is 16.3 Å². The molecule has 0 radical (unpaired) electrons. The Balaban J connectivity index is 2.08. The van der Waals surface area contributed by atoms with Gasteiger partial charge in [0.1, 0.15) is 5.75 Å². The number of ether oxygens (including phenoxy) is 1. The van der Waals surface area contributed by atoms with Gasteiger partial charge in [-0.05, 0) is 61.4 Å². The van der Waals surface area contributed by atoms with E-state index in [1.165, 1.54) is 11.4 Å². The van der Waals surface area contributed by atoms with Gasteiger partial charge in [0.15, 0.2) is 6.10 Å². The van der Waals surface area contributed by atoms with Crippen LogP contribution >= 0.6 is 11.6 Å². The van der Waals surface area contributed by atoms with Crippen LogP contribution in [0.4, 0.5) is 11.4 Å². The number of amides is 1. The highest BCUT2D eigenvalue weighted by atomic mass is 35.5. The van der Waals surface area contributed by atoms with Crippen molar-refractivity contribution in [2.75, 3.05) is 22.9 Å². The Bertz CT molecular complexity index is 914. The molecule has 0 aliphatic heterocycles. The molecule has 2 rings (SSSR count). The van der Waals surface area contributed by atoms with E-state index >= 15 is 0 Å². The number of hydrogen-bond acceptors (Lipinski definition) is 4. The van der Waals surface area contributed by atoms with Crippen LogP contribution in [0, 0.1) is 6.92 Å². The van der Waals surface area contributed by atoms with Crippen molar-refractivity contribution in [1.82, 2.24) is 0 Å². The van der Waals surface area contributed by atoms with E-state index < -0.39 is 16.1 Å². The number of halogens is 1. The van der Waals surface area contributed by atoms with E-state index in [-0.39, 0.29) is 5.91 Å². The molecule has 0 bridgehead atoms. The van der Waals surface area contributed by atoms with Crippen molar-refractivity contribution in [2.45, 2.75) is 26.4 Å². The van der Waals surface area contributed by atoms with Gasteiger partial charge in [0.05, 0.1) is 11.9 Å². The summed E-state index contributed by atoms with van der Waals surface area (Å²) in [6.07, 6.45) is 0.926. The first-order valence-corrected chi connectivity index (χ1v) is 10.6. The van der Waals surface area contributed by atoms with Gasteiger partial charge in [0.25, 0.3) is 5.91 Å². The van der Waals surface area contributed by atoms with Crippen LogP contribution in [-0.2, 0) is 14.8 Å². The number of anilines is 2. The lowest BCUT2D eigenvalue weighted by Gasteiger charge is -2.20. The number of hydrogen-bond donors (Lipinski definition) is 1. The van der Waals surface area contributed by atoms with Crippen LogP contribution in [0.5, 0.6) is 5.75 Å². The maximum atomic E-state index is 12.5. The van der Waals surface area contributed by atoms with Crippen molar-refractivity contribution >= 4 is 38.9 Å². The summed E-state index contributed by atoms with van der Waals surface area (Å²) in [6, 6.07) is 11.8. The van der Waals surface area contributed by atoms with Crippen molar-refractivity contribution < 1.29 is 17.9 Å². The zero-order valence-corrected chi connectivity index (χ0v) is 17.3. The minimum absolute atomic E-state index is 0.264. The summed E-state index contributed by atoms with van der Waals surface area (Å²) in [7, 11) is -1.86. The molecule has 1 amide bonds.